The number of hydrogen-bond acceptors (Lipinski definition) is 5. The van der Waals surface area contributed by atoms with Gasteiger partial charge in [0.2, 0.25) is 0 Å². The average molecular weight is 461 g/mol. The summed E-state index contributed by atoms with van der Waals surface area (Å²) >= 11 is 0. The molecule has 3 heterocycles. The summed E-state index contributed by atoms with van der Waals surface area (Å²) < 4.78 is 18.9. The lowest BCUT2D eigenvalue weighted by Gasteiger charge is -2.41. The van der Waals surface area contributed by atoms with Crippen molar-refractivity contribution in [3.05, 3.63) is 83.8 Å². The molecule has 3 aromatic rings. The summed E-state index contributed by atoms with van der Waals surface area (Å²) in [5.41, 5.74) is 3.85. The van der Waals surface area contributed by atoms with Crippen LogP contribution in [0.3, 0.4) is 0 Å². The number of aromatic nitrogens is 1. The first kappa shape index (κ1) is 22.5. The van der Waals surface area contributed by atoms with Crippen molar-refractivity contribution in [2.45, 2.75) is 6.04 Å². The van der Waals surface area contributed by atoms with Gasteiger partial charge in [-0.3, -0.25) is 4.79 Å². The van der Waals surface area contributed by atoms with E-state index in [1.807, 2.05) is 53.6 Å². The van der Waals surface area contributed by atoms with Crippen molar-refractivity contribution >= 4 is 11.7 Å². The molecule has 1 atom stereocenters. The van der Waals surface area contributed by atoms with Crippen LogP contribution in [0.25, 0.3) is 11.1 Å². The number of carbonyl (C=O) groups excluding carboxylic acids is 1. The first-order valence-corrected chi connectivity index (χ1v) is 11.7. The summed E-state index contributed by atoms with van der Waals surface area (Å²) in [6, 6.07) is 18.7. The normalized spacial score (nSPS) is 19.3. The zero-order valence-corrected chi connectivity index (χ0v) is 19.4. The highest BCUT2D eigenvalue weighted by atomic mass is 19.1. The third kappa shape index (κ3) is 4.81. The minimum Gasteiger partial charge on any atom is -0.378 e. The van der Waals surface area contributed by atoms with E-state index in [0.717, 1.165) is 42.1 Å². The second-order valence-electron chi connectivity index (χ2n) is 8.91. The van der Waals surface area contributed by atoms with Crippen LogP contribution >= 0.6 is 0 Å². The van der Waals surface area contributed by atoms with Crippen LogP contribution in [0.5, 0.6) is 0 Å². The van der Waals surface area contributed by atoms with Crippen LogP contribution in [-0.4, -0.2) is 73.7 Å². The van der Waals surface area contributed by atoms with Crippen LogP contribution in [0, 0.1) is 5.82 Å². The van der Waals surface area contributed by atoms with E-state index in [1.165, 1.54) is 12.1 Å². The van der Waals surface area contributed by atoms with Crippen molar-refractivity contribution in [2.75, 3.05) is 57.9 Å². The quantitative estimate of drug-likeness (QED) is 0.592. The smallest absolute Gasteiger partial charge is 0.254 e. The number of anilines is 1. The van der Waals surface area contributed by atoms with E-state index in [1.54, 1.807) is 0 Å². The topological polar surface area (TPSA) is 48.9 Å². The molecular weight excluding hydrogens is 431 g/mol. The maximum absolute atomic E-state index is 13.5. The lowest BCUT2D eigenvalue weighted by molar-refractivity contribution is 0.0303. The molecule has 0 saturated carbocycles. The largest absolute Gasteiger partial charge is 0.378 e. The number of pyridine rings is 1. The van der Waals surface area contributed by atoms with E-state index >= 15 is 0 Å². The molecular formula is C27H29FN4O2. The molecule has 5 rings (SSSR count). The Hall–Kier alpha value is -3.29. The second kappa shape index (κ2) is 9.91. The lowest BCUT2D eigenvalue weighted by Crippen LogP contribution is -2.47. The zero-order valence-electron chi connectivity index (χ0n) is 19.4. The fourth-order valence-electron chi connectivity index (χ4n) is 4.67. The Kier molecular flexibility index (Phi) is 6.56. The van der Waals surface area contributed by atoms with Crippen molar-refractivity contribution < 1.29 is 13.9 Å². The fraction of sp³-hybridized carbons (Fsp3) is 0.333. The van der Waals surface area contributed by atoms with Gasteiger partial charge >= 0.3 is 0 Å². The standard InChI is InChI=1S/C27H29FN4O2/c1-30-12-13-32(25(19-30)21-6-8-24(28)9-7-21)26-18-23(10-11-29-26)20-2-4-22(5-3-20)27(33)31-14-16-34-17-15-31/h2-11,18,25H,12-17,19H2,1H3. The van der Waals surface area contributed by atoms with Crippen LogP contribution < -0.4 is 4.90 Å². The number of nitrogens with zero attached hydrogens (tertiary/aromatic N) is 4. The Labute approximate surface area is 199 Å². The summed E-state index contributed by atoms with van der Waals surface area (Å²) in [7, 11) is 2.11. The maximum Gasteiger partial charge on any atom is 0.254 e. The molecule has 2 aliphatic heterocycles. The highest BCUT2D eigenvalue weighted by Crippen LogP contribution is 2.32. The molecule has 6 nitrogen and oxygen atoms in total. The summed E-state index contributed by atoms with van der Waals surface area (Å²) in [4.78, 5) is 23.9. The molecule has 2 aliphatic rings. The van der Waals surface area contributed by atoms with Gasteiger partial charge < -0.3 is 19.4 Å². The Morgan fingerprint density at radius 3 is 2.41 bits per heavy atom. The molecule has 34 heavy (non-hydrogen) atoms. The SMILES string of the molecule is CN1CCN(c2cc(-c3ccc(C(=O)N4CCOCC4)cc3)ccn2)C(c2ccc(F)cc2)C1. The van der Waals surface area contributed by atoms with Crippen molar-refractivity contribution in [3.63, 3.8) is 0 Å². The number of rotatable bonds is 4. The van der Waals surface area contributed by atoms with Crippen LogP contribution in [0.4, 0.5) is 10.2 Å². The van der Waals surface area contributed by atoms with E-state index in [4.69, 9.17) is 4.74 Å². The molecule has 2 aromatic carbocycles. The summed E-state index contributed by atoms with van der Waals surface area (Å²) in [5, 5.41) is 0. The molecule has 7 heteroatoms. The maximum atomic E-state index is 13.5. The monoisotopic (exact) mass is 460 g/mol. The Bertz CT molecular complexity index is 1130. The fourth-order valence-corrected chi connectivity index (χ4v) is 4.67. The second-order valence-corrected chi connectivity index (χ2v) is 8.91. The van der Waals surface area contributed by atoms with Crippen LogP contribution in [0.2, 0.25) is 0 Å². The van der Waals surface area contributed by atoms with Gasteiger partial charge in [0, 0.05) is 44.5 Å². The molecule has 0 spiro atoms. The Morgan fingerprint density at radius 1 is 0.941 bits per heavy atom. The first-order valence-electron chi connectivity index (χ1n) is 11.7. The van der Waals surface area contributed by atoms with Crippen LogP contribution in [0.1, 0.15) is 22.0 Å². The number of halogens is 1. The molecule has 1 amide bonds. The molecule has 1 aromatic heterocycles. The number of ether oxygens (including phenoxy) is 1. The van der Waals surface area contributed by atoms with Crippen molar-refractivity contribution in [1.29, 1.82) is 0 Å². The van der Waals surface area contributed by atoms with Gasteiger partial charge in [-0.1, -0.05) is 24.3 Å². The van der Waals surface area contributed by atoms with Gasteiger partial charge in [0.15, 0.2) is 0 Å². The molecule has 0 aliphatic carbocycles. The highest BCUT2D eigenvalue weighted by Gasteiger charge is 2.28. The molecule has 0 N–H and O–H groups in total. The predicted octanol–water partition coefficient (Wildman–Crippen LogP) is 3.85. The van der Waals surface area contributed by atoms with Crippen LogP contribution in [-0.2, 0) is 4.74 Å². The molecule has 1 unspecified atom stereocenters. The lowest BCUT2D eigenvalue weighted by atomic mass is 10.0. The number of hydrogen-bond donors (Lipinski definition) is 0. The zero-order chi connectivity index (χ0) is 23.5. The summed E-state index contributed by atoms with van der Waals surface area (Å²) in [6.45, 7) is 5.06. The highest BCUT2D eigenvalue weighted by molar-refractivity contribution is 5.94. The van der Waals surface area contributed by atoms with Gasteiger partial charge in [0.05, 0.1) is 19.3 Å². The molecule has 176 valence electrons. The average Bonchev–Trinajstić information content (AvgIpc) is 2.89. The molecule has 0 radical (unpaired) electrons. The minimum atomic E-state index is -0.227. The number of amides is 1. The molecule has 2 saturated heterocycles. The van der Waals surface area contributed by atoms with Gasteiger partial charge in [-0.2, -0.15) is 0 Å². The number of piperazine rings is 1. The van der Waals surface area contributed by atoms with E-state index in [9.17, 15) is 9.18 Å². The van der Waals surface area contributed by atoms with Gasteiger partial charge in [-0.25, -0.2) is 9.37 Å². The predicted molar refractivity (Wildman–Crippen MR) is 130 cm³/mol. The number of morpholine rings is 1. The van der Waals surface area contributed by atoms with E-state index in [-0.39, 0.29) is 17.8 Å². The van der Waals surface area contributed by atoms with E-state index in [2.05, 4.69) is 27.9 Å². The molecule has 2 fully saturated rings. The van der Waals surface area contributed by atoms with Crippen molar-refractivity contribution in [2.24, 2.45) is 0 Å². The Balaban J connectivity index is 1.38. The van der Waals surface area contributed by atoms with Gasteiger partial charge in [-0.15, -0.1) is 0 Å². The van der Waals surface area contributed by atoms with Gasteiger partial charge in [0.1, 0.15) is 11.6 Å². The third-order valence-electron chi connectivity index (χ3n) is 6.64. The van der Waals surface area contributed by atoms with Crippen molar-refractivity contribution in [3.8, 4) is 11.1 Å². The number of likely N-dealkylation sites (N-methyl/N-ethyl adjacent to an activating group) is 1. The van der Waals surface area contributed by atoms with Gasteiger partial charge in [0.25, 0.3) is 5.91 Å². The molecule has 0 bridgehead atoms. The number of benzene rings is 2. The van der Waals surface area contributed by atoms with E-state index < -0.39 is 0 Å². The van der Waals surface area contributed by atoms with Crippen molar-refractivity contribution in [1.82, 2.24) is 14.8 Å². The van der Waals surface area contributed by atoms with Gasteiger partial charge in [-0.05, 0) is 60.1 Å². The minimum absolute atomic E-state index is 0.0462. The van der Waals surface area contributed by atoms with Crippen LogP contribution in [0.15, 0.2) is 66.9 Å². The van der Waals surface area contributed by atoms with E-state index in [0.29, 0.717) is 31.9 Å². The third-order valence-corrected chi connectivity index (χ3v) is 6.64. The number of carbonyl (C=O) groups is 1. The first-order chi connectivity index (χ1) is 16.6. The summed E-state index contributed by atoms with van der Waals surface area (Å²) in [5.74, 6) is 0.716. The Morgan fingerprint density at radius 2 is 1.68 bits per heavy atom. The summed E-state index contributed by atoms with van der Waals surface area (Å²) in [6.07, 6.45) is 1.83.